The lowest BCUT2D eigenvalue weighted by atomic mass is 9.98. The van der Waals surface area contributed by atoms with E-state index in [2.05, 4.69) is 20.8 Å². The third kappa shape index (κ3) is 7.89. The fraction of sp³-hybridized carbons (Fsp3) is 1.00. The molecule has 0 aliphatic carbocycles. The summed E-state index contributed by atoms with van der Waals surface area (Å²) in [4.78, 5) is 0. The van der Waals surface area contributed by atoms with Gasteiger partial charge in [-0.05, 0) is 19.3 Å². The highest BCUT2D eigenvalue weighted by Crippen LogP contribution is 2.28. The Hall–Kier alpha value is -0.240. The average Bonchev–Trinajstić information content (AvgIpc) is 2.60. The summed E-state index contributed by atoms with van der Waals surface area (Å²) in [7, 11) is 1.62. The van der Waals surface area contributed by atoms with Crippen LogP contribution in [0.2, 0.25) is 0 Å². The summed E-state index contributed by atoms with van der Waals surface area (Å²) in [6.45, 7) is 8.54. The van der Waals surface area contributed by atoms with Gasteiger partial charge in [0.2, 0.25) is 0 Å². The van der Waals surface area contributed by atoms with Gasteiger partial charge in [-0.15, -0.1) is 0 Å². The Kier molecular flexibility index (Phi) is 12.7. The molecule has 1 fully saturated rings. The molecule has 0 saturated carbocycles. The summed E-state index contributed by atoms with van der Waals surface area (Å²) in [5, 5.41) is 10.4. The zero-order chi connectivity index (χ0) is 18.5. The van der Waals surface area contributed by atoms with Crippen molar-refractivity contribution in [2.24, 2.45) is 0 Å². The Balaban J connectivity index is 2.84. The molecule has 6 nitrogen and oxygen atoms in total. The molecule has 1 aliphatic rings. The summed E-state index contributed by atoms with van der Waals surface area (Å²) in [5.74, 6) is 0. The van der Waals surface area contributed by atoms with E-state index >= 15 is 0 Å². The van der Waals surface area contributed by atoms with E-state index in [0.29, 0.717) is 26.4 Å². The molecule has 0 aromatic heterocycles. The van der Waals surface area contributed by atoms with Crippen molar-refractivity contribution in [1.82, 2.24) is 0 Å². The van der Waals surface area contributed by atoms with Crippen molar-refractivity contribution in [3.63, 3.8) is 0 Å². The molecule has 1 saturated heterocycles. The largest absolute Gasteiger partial charge is 0.382 e. The second-order valence-corrected chi connectivity index (χ2v) is 6.59. The van der Waals surface area contributed by atoms with E-state index in [0.717, 1.165) is 38.5 Å². The highest BCUT2D eigenvalue weighted by Gasteiger charge is 2.47. The van der Waals surface area contributed by atoms with Crippen LogP contribution in [0.15, 0.2) is 0 Å². The van der Waals surface area contributed by atoms with Gasteiger partial charge >= 0.3 is 0 Å². The molecule has 1 N–H and O–H groups in total. The maximum absolute atomic E-state index is 10.4. The van der Waals surface area contributed by atoms with E-state index < -0.39 is 12.4 Å². The van der Waals surface area contributed by atoms with Crippen molar-refractivity contribution in [3.8, 4) is 0 Å². The highest BCUT2D eigenvalue weighted by atomic mass is 16.7. The first-order chi connectivity index (χ1) is 12.2. The molecule has 150 valence electrons. The van der Waals surface area contributed by atoms with E-state index in [4.69, 9.17) is 23.7 Å². The third-order valence-electron chi connectivity index (χ3n) is 4.36. The number of rotatable bonds is 14. The molecular formula is C19H38O6. The molecule has 1 aliphatic heterocycles. The second-order valence-electron chi connectivity index (χ2n) is 6.59. The van der Waals surface area contributed by atoms with E-state index in [9.17, 15) is 5.11 Å². The summed E-state index contributed by atoms with van der Waals surface area (Å²) in [6, 6.07) is 0. The second kappa shape index (κ2) is 13.9. The molecule has 0 spiro atoms. The predicted octanol–water partition coefficient (Wildman–Crippen LogP) is 2.91. The lowest BCUT2D eigenvalue weighted by Crippen LogP contribution is -2.61. The molecule has 5 atom stereocenters. The van der Waals surface area contributed by atoms with Crippen LogP contribution in [-0.4, -0.2) is 69.3 Å². The molecule has 25 heavy (non-hydrogen) atoms. The van der Waals surface area contributed by atoms with Crippen LogP contribution in [0.3, 0.4) is 0 Å². The Morgan fingerprint density at radius 2 is 1.24 bits per heavy atom. The minimum atomic E-state index is -1.03. The zero-order valence-electron chi connectivity index (χ0n) is 16.4. The van der Waals surface area contributed by atoms with Crippen LogP contribution in [0.25, 0.3) is 0 Å². The van der Waals surface area contributed by atoms with Gasteiger partial charge in [0, 0.05) is 26.9 Å². The minimum Gasteiger partial charge on any atom is -0.382 e. The highest BCUT2D eigenvalue weighted by molar-refractivity contribution is 4.92. The number of methoxy groups -OCH3 is 1. The molecule has 0 aromatic carbocycles. The molecule has 0 amide bonds. The van der Waals surface area contributed by atoms with E-state index in [1.165, 1.54) is 0 Å². The smallest absolute Gasteiger partial charge is 0.184 e. The zero-order valence-corrected chi connectivity index (χ0v) is 16.4. The monoisotopic (exact) mass is 362 g/mol. The topological polar surface area (TPSA) is 66.4 Å². The molecule has 0 aromatic rings. The number of aliphatic hydroxyl groups is 1. The van der Waals surface area contributed by atoms with Crippen molar-refractivity contribution >= 4 is 0 Å². The van der Waals surface area contributed by atoms with Gasteiger partial charge in [0.1, 0.15) is 24.4 Å². The van der Waals surface area contributed by atoms with Gasteiger partial charge in [0.05, 0.1) is 6.61 Å². The fourth-order valence-corrected chi connectivity index (χ4v) is 2.85. The van der Waals surface area contributed by atoms with Gasteiger partial charge in [-0.25, -0.2) is 0 Å². The summed E-state index contributed by atoms with van der Waals surface area (Å²) in [6.07, 6.45) is 3.42. The van der Waals surface area contributed by atoms with Gasteiger partial charge in [-0.3, -0.25) is 0 Å². The number of hydrogen-bond acceptors (Lipinski definition) is 6. The first-order valence-electron chi connectivity index (χ1n) is 9.86. The Morgan fingerprint density at radius 1 is 0.760 bits per heavy atom. The molecule has 2 unspecified atom stereocenters. The number of hydrogen-bond donors (Lipinski definition) is 1. The van der Waals surface area contributed by atoms with Crippen LogP contribution < -0.4 is 0 Å². The van der Waals surface area contributed by atoms with Crippen LogP contribution >= 0.6 is 0 Å². The van der Waals surface area contributed by atoms with Gasteiger partial charge in [-0.2, -0.15) is 0 Å². The van der Waals surface area contributed by atoms with Crippen LogP contribution in [0.1, 0.15) is 59.3 Å². The average molecular weight is 363 g/mol. The fourth-order valence-electron chi connectivity index (χ4n) is 2.85. The van der Waals surface area contributed by atoms with Crippen molar-refractivity contribution < 1.29 is 28.8 Å². The predicted molar refractivity (Wildman–Crippen MR) is 96.7 cm³/mol. The minimum absolute atomic E-state index is 0.307. The summed E-state index contributed by atoms with van der Waals surface area (Å²) in [5.41, 5.74) is 0. The van der Waals surface area contributed by atoms with Crippen LogP contribution in [0.4, 0.5) is 0 Å². The van der Waals surface area contributed by atoms with E-state index in [1.807, 2.05) is 0 Å². The molecule has 1 rings (SSSR count). The molecular weight excluding hydrogens is 324 g/mol. The Labute approximate surface area is 153 Å². The van der Waals surface area contributed by atoms with Gasteiger partial charge < -0.3 is 28.8 Å². The van der Waals surface area contributed by atoms with Crippen molar-refractivity contribution in [3.05, 3.63) is 0 Å². The van der Waals surface area contributed by atoms with Crippen molar-refractivity contribution in [2.75, 3.05) is 33.5 Å². The quantitative estimate of drug-likeness (QED) is 0.479. The van der Waals surface area contributed by atoms with Gasteiger partial charge in [0.25, 0.3) is 0 Å². The van der Waals surface area contributed by atoms with E-state index in [-0.39, 0.29) is 18.3 Å². The first kappa shape index (κ1) is 22.8. The number of aliphatic hydroxyl groups excluding tert-OH is 1. The Morgan fingerprint density at radius 3 is 1.72 bits per heavy atom. The van der Waals surface area contributed by atoms with Crippen molar-refractivity contribution in [2.45, 2.75) is 90.0 Å². The number of ether oxygens (including phenoxy) is 5. The van der Waals surface area contributed by atoms with Crippen LogP contribution in [0, 0.1) is 0 Å². The SMILES string of the molecule is CCCCOC1[C@@H](OCCCC)[C@H](OCCCC)C(COC)O[C@@H]1O. The lowest BCUT2D eigenvalue weighted by molar-refractivity contribution is -0.311. The lowest BCUT2D eigenvalue weighted by Gasteiger charge is -2.44. The standard InChI is InChI=1S/C19H38O6/c1-5-8-11-22-16-15(14-21-4)25-19(20)18(24-13-10-7-3)17(16)23-12-9-6-2/h15-20H,5-14H2,1-4H3/t15?,16-,17+,18?,19+/m1/s1. The van der Waals surface area contributed by atoms with Gasteiger partial charge in [-0.1, -0.05) is 40.0 Å². The van der Waals surface area contributed by atoms with E-state index in [1.54, 1.807) is 7.11 Å². The summed E-state index contributed by atoms with van der Waals surface area (Å²) < 4.78 is 29.1. The molecule has 1 heterocycles. The maximum atomic E-state index is 10.4. The normalized spacial score (nSPS) is 29.9. The third-order valence-corrected chi connectivity index (χ3v) is 4.36. The summed E-state index contributed by atoms with van der Waals surface area (Å²) >= 11 is 0. The van der Waals surface area contributed by atoms with Crippen LogP contribution in [-0.2, 0) is 23.7 Å². The molecule has 0 bridgehead atoms. The van der Waals surface area contributed by atoms with Crippen LogP contribution in [0.5, 0.6) is 0 Å². The first-order valence-corrected chi connectivity index (χ1v) is 9.86. The maximum Gasteiger partial charge on any atom is 0.184 e. The van der Waals surface area contributed by atoms with Gasteiger partial charge in [0.15, 0.2) is 6.29 Å². The Bertz CT molecular complexity index is 314. The molecule has 0 radical (unpaired) electrons. The number of unbranched alkanes of at least 4 members (excludes halogenated alkanes) is 3. The molecule has 6 heteroatoms. The van der Waals surface area contributed by atoms with Crippen molar-refractivity contribution in [1.29, 1.82) is 0 Å².